The predicted molar refractivity (Wildman–Crippen MR) is 54.8 cm³/mol. The molecule has 0 fully saturated rings. The number of allylic oxidation sites excluding steroid dienone is 4. The van der Waals surface area contributed by atoms with Gasteiger partial charge >= 0.3 is 0 Å². The zero-order valence-corrected chi connectivity index (χ0v) is 8.86. The molecule has 0 unspecified atom stereocenters. The maximum Gasteiger partial charge on any atom is -0.0376 e. The third kappa shape index (κ3) is 9.48. The van der Waals surface area contributed by atoms with E-state index in [1.807, 2.05) is 13.8 Å². The Kier molecular flexibility index (Phi) is 11.3. The minimum Gasteiger partial charge on any atom is -0.0845 e. The maximum atomic E-state index is 2.18. The highest BCUT2D eigenvalue weighted by atomic mass is 13.9. The molecule has 0 bridgehead atoms. The fourth-order valence-electron chi connectivity index (χ4n) is 0.461. The van der Waals surface area contributed by atoms with Crippen LogP contribution in [0.15, 0.2) is 23.3 Å². The van der Waals surface area contributed by atoms with E-state index in [2.05, 4.69) is 39.8 Å². The van der Waals surface area contributed by atoms with Gasteiger partial charge in [-0.3, -0.25) is 0 Å². The smallest absolute Gasteiger partial charge is 0.0376 e. The van der Waals surface area contributed by atoms with Gasteiger partial charge in [-0.2, -0.15) is 0 Å². The van der Waals surface area contributed by atoms with Crippen LogP contribution in [0.1, 0.15) is 48.0 Å². The van der Waals surface area contributed by atoms with Crippen molar-refractivity contribution in [1.29, 1.82) is 0 Å². The van der Waals surface area contributed by atoms with Gasteiger partial charge in [-0.15, -0.1) is 0 Å². The second-order valence-electron chi connectivity index (χ2n) is 2.49. The molecule has 11 heavy (non-hydrogen) atoms. The third-order valence-electron chi connectivity index (χ3n) is 1.39. The SMILES string of the molecule is CC.CC/C=C\C(C)=C(C)C. The Morgan fingerprint density at radius 3 is 1.82 bits per heavy atom. The number of rotatable bonds is 2. The monoisotopic (exact) mass is 154 g/mol. The average molecular weight is 154 g/mol. The summed E-state index contributed by atoms with van der Waals surface area (Å²) in [5, 5.41) is 0. The maximum absolute atomic E-state index is 2.18. The lowest BCUT2D eigenvalue weighted by atomic mass is 10.1. The molecule has 0 saturated heterocycles. The van der Waals surface area contributed by atoms with Crippen LogP contribution in [0.3, 0.4) is 0 Å². The minimum absolute atomic E-state index is 1.13. The molecule has 0 saturated carbocycles. The lowest BCUT2D eigenvalue weighted by Gasteiger charge is -1.92. The Bertz CT molecular complexity index is 123. The normalized spacial score (nSPS) is 8.91. The quantitative estimate of drug-likeness (QED) is 0.519. The Labute approximate surface area is 72.0 Å². The van der Waals surface area contributed by atoms with Gasteiger partial charge in [0.15, 0.2) is 0 Å². The fraction of sp³-hybridized carbons (Fsp3) is 0.636. The molecule has 0 atom stereocenters. The topological polar surface area (TPSA) is 0 Å². The summed E-state index contributed by atoms with van der Waals surface area (Å²) in [6.45, 7) is 12.6. The van der Waals surface area contributed by atoms with Gasteiger partial charge in [-0.1, -0.05) is 44.1 Å². The summed E-state index contributed by atoms with van der Waals surface area (Å²) in [7, 11) is 0. The molecule has 0 rings (SSSR count). The minimum atomic E-state index is 1.13. The Balaban J connectivity index is 0. The van der Waals surface area contributed by atoms with Crippen molar-refractivity contribution < 1.29 is 0 Å². The molecular formula is C11H22. The molecule has 0 aromatic rings. The first kappa shape index (κ1) is 13.1. The molecule has 0 aromatic carbocycles. The lowest BCUT2D eigenvalue weighted by molar-refractivity contribution is 1.20. The first-order valence-corrected chi connectivity index (χ1v) is 4.49. The van der Waals surface area contributed by atoms with E-state index in [1.165, 1.54) is 11.1 Å². The summed E-state index contributed by atoms with van der Waals surface area (Å²) >= 11 is 0. The highest BCUT2D eigenvalue weighted by molar-refractivity contribution is 5.20. The largest absolute Gasteiger partial charge is 0.0845 e. The van der Waals surface area contributed by atoms with Crippen molar-refractivity contribution in [3.05, 3.63) is 23.3 Å². The second kappa shape index (κ2) is 9.48. The van der Waals surface area contributed by atoms with E-state index < -0.39 is 0 Å². The van der Waals surface area contributed by atoms with Gasteiger partial charge in [0.1, 0.15) is 0 Å². The van der Waals surface area contributed by atoms with E-state index in [0.29, 0.717) is 0 Å². The van der Waals surface area contributed by atoms with Gasteiger partial charge in [-0.05, 0) is 27.2 Å². The van der Waals surface area contributed by atoms with E-state index in [4.69, 9.17) is 0 Å². The average Bonchev–Trinajstić information content (AvgIpc) is 2.03. The van der Waals surface area contributed by atoms with Gasteiger partial charge in [0, 0.05) is 0 Å². The predicted octanol–water partition coefficient (Wildman–Crippen LogP) is 4.34. The van der Waals surface area contributed by atoms with Crippen LogP contribution in [0.5, 0.6) is 0 Å². The first-order valence-electron chi connectivity index (χ1n) is 4.49. The van der Waals surface area contributed by atoms with Crippen LogP contribution >= 0.6 is 0 Å². The van der Waals surface area contributed by atoms with E-state index in [1.54, 1.807) is 0 Å². The van der Waals surface area contributed by atoms with Crippen molar-refractivity contribution in [2.45, 2.75) is 48.0 Å². The van der Waals surface area contributed by atoms with Crippen molar-refractivity contribution in [1.82, 2.24) is 0 Å². The number of hydrogen-bond acceptors (Lipinski definition) is 0. The molecule has 0 nitrogen and oxygen atoms in total. The van der Waals surface area contributed by atoms with Gasteiger partial charge in [0.2, 0.25) is 0 Å². The molecule has 0 spiro atoms. The fourth-order valence-corrected chi connectivity index (χ4v) is 0.461. The lowest BCUT2D eigenvalue weighted by Crippen LogP contribution is -1.71. The van der Waals surface area contributed by atoms with Crippen LogP contribution in [0.25, 0.3) is 0 Å². The molecule has 0 aliphatic rings. The summed E-state index contributed by atoms with van der Waals surface area (Å²) in [4.78, 5) is 0. The number of hydrogen-bond donors (Lipinski definition) is 0. The Morgan fingerprint density at radius 2 is 1.55 bits per heavy atom. The van der Waals surface area contributed by atoms with Crippen LogP contribution in [0, 0.1) is 0 Å². The van der Waals surface area contributed by atoms with Gasteiger partial charge in [0.25, 0.3) is 0 Å². The summed E-state index contributed by atoms with van der Waals surface area (Å²) in [5.74, 6) is 0. The van der Waals surface area contributed by atoms with E-state index in [0.717, 1.165) is 6.42 Å². The zero-order chi connectivity index (χ0) is 9.28. The van der Waals surface area contributed by atoms with E-state index in [-0.39, 0.29) is 0 Å². The molecule has 0 aliphatic carbocycles. The van der Waals surface area contributed by atoms with E-state index >= 15 is 0 Å². The van der Waals surface area contributed by atoms with Crippen LogP contribution in [0.2, 0.25) is 0 Å². The second-order valence-corrected chi connectivity index (χ2v) is 2.49. The van der Waals surface area contributed by atoms with Gasteiger partial charge in [-0.25, -0.2) is 0 Å². The standard InChI is InChI=1S/C9H16.C2H6/c1-5-6-7-9(4)8(2)3;1-2/h6-7H,5H2,1-4H3;1-2H3/b7-6-;. The molecule has 66 valence electrons. The molecule has 0 heteroatoms. The Hall–Kier alpha value is -0.520. The van der Waals surface area contributed by atoms with Crippen LogP contribution < -0.4 is 0 Å². The first-order chi connectivity index (χ1) is 5.18. The molecule has 0 N–H and O–H groups in total. The van der Waals surface area contributed by atoms with Crippen LogP contribution in [-0.4, -0.2) is 0 Å². The summed E-state index contributed by atoms with van der Waals surface area (Å²) in [5.41, 5.74) is 2.79. The van der Waals surface area contributed by atoms with Crippen molar-refractivity contribution in [2.24, 2.45) is 0 Å². The van der Waals surface area contributed by atoms with Crippen molar-refractivity contribution in [3.63, 3.8) is 0 Å². The van der Waals surface area contributed by atoms with Crippen molar-refractivity contribution >= 4 is 0 Å². The third-order valence-corrected chi connectivity index (χ3v) is 1.39. The highest BCUT2D eigenvalue weighted by Crippen LogP contribution is 2.02. The van der Waals surface area contributed by atoms with Crippen molar-refractivity contribution in [2.75, 3.05) is 0 Å². The molecule has 0 heterocycles. The van der Waals surface area contributed by atoms with Crippen LogP contribution in [-0.2, 0) is 0 Å². The van der Waals surface area contributed by atoms with Crippen molar-refractivity contribution in [3.8, 4) is 0 Å². The van der Waals surface area contributed by atoms with Gasteiger partial charge in [0.05, 0.1) is 0 Å². The molecule has 0 radical (unpaired) electrons. The van der Waals surface area contributed by atoms with Crippen LogP contribution in [0.4, 0.5) is 0 Å². The molecule has 0 aliphatic heterocycles. The Morgan fingerprint density at radius 1 is 1.09 bits per heavy atom. The molecule has 0 aromatic heterocycles. The van der Waals surface area contributed by atoms with Gasteiger partial charge < -0.3 is 0 Å². The summed E-state index contributed by atoms with van der Waals surface area (Å²) in [6.07, 6.45) is 5.49. The zero-order valence-electron chi connectivity index (χ0n) is 8.86. The summed E-state index contributed by atoms with van der Waals surface area (Å²) in [6, 6.07) is 0. The molecule has 0 amide bonds. The highest BCUT2D eigenvalue weighted by Gasteiger charge is 1.81. The summed E-state index contributed by atoms with van der Waals surface area (Å²) < 4.78 is 0. The van der Waals surface area contributed by atoms with E-state index in [9.17, 15) is 0 Å². The molecular weight excluding hydrogens is 132 g/mol.